The SMILES string of the molecule is CCCCCCCC(C)=CC#N. The van der Waals surface area contributed by atoms with Gasteiger partial charge in [-0.15, -0.1) is 0 Å². The Morgan fingerprint density at radius 3 is 2.50 bits per heavy atom. The number of nitrogens with zero attached hydrogens (tertiary/aromatic N) is 1. The van der Waals surface area contributed by atoms with Gasteiger partial charge in [0.1, 0.15) is 0 Å². The zero-order valence-electron chi connectivity index (χ0n) is 8.27. The molecule has 0 rings (SSSR count). The van der Waals surface area contributed by atoms with E-state index in [0.717, 1.165) is 6.42 Å². The lowest BCUT2D eigenvalue weighted by Gasteiger charge is -1.99. The van der Waals surface area contributed by atoms with Crippen molar-refractivity contribution in [1.29, 1.82) is 5.26 Å². The summed E-state index contributed by atoms with van der Waals surface area (Å²) in [5.74, 6) is 0. The van der Waals surface area contributed by atoms with Gasteiger partial charge >= 0.3 is 0 Å². The van der Waals surface area contributed by atoms with Gasteiger partial charge in [0, 0.05) is 6.08 Å². The fourth-order valence-corrected chi connectivity index (χ4v) is 1.19. The van der Waals surface area contributed by atoms with Crippen LogP contribution in [0.1, 0.15) is 52.4 Å². The molecule has 0 heterocycles. The molecule has 0 aromatic rings. The third-order valence-corrected chi connectivity index (χ3v) is 1.99. The summed E-state index contributed by atoms with van der Waals surface area (Å²) in [6.45, 7) is 4.25. The average Bonchev–Trinajstić information content (AvgIpc) is 2.05. The molecular weight excluding hydrogens is 146 g/mol. The number of allylic oxidation sites excluding steroid dienone is 2. The largest absolute Gasteiger partial charge is 0.193 e. The number of nitriles is 1. The zero-order chi connectivity index (χ0) is 9.23. The molecule has 0 aliphatic rings. The van der Waals surface area contributed by atoms with Crippen LogP contribution in [0.25, 0.3) is 0 Å². The summed E-state index contributed by atoms with van der Waals surface area (Å²) in [5, 5.41) is 8.35. The standard InChI is InChI=1S/C11H19N/c1-3-4-5-6-7-8-11(2)9-10-12/h9H,3-8H2,1-2H3. The Labute approximate surface area is 76.1 Å². The first-order valence-electron chi connectivity index (χ1n) is 4.86. The van der Waals surface area contributed by atoms with Crippen molar-refractivity contribution in [2.75, 3.05) is 0 Å². The molecule has 0 bridgehead atoms. The minimum atomic E-state index is 1.09. The number of hydrogen-bond donors (Lipinski definition) is 0. The molecule has 0 saturated heterocycles. The Morgan fingerprint density at radius 2 is 1.92 bits per heavy atom. The highest BCUT2D eigenvalue weighted by molar-refractivity contribution is 5.10. The van der Waals surface area contributed by atoms with Gasteiger partial charge in [-0.25, -0.2) is 0 Å². The Morgan fingerprint density at radius 1 is 1.25 bits per heavy atom. The van der Waals surface area contributed by atoms with E-state index in [2.05, 4.69) is 13.0 Å². The topological polar surface area (TPSA) is 23.8 Å². The molecule has 1 heteroatoms. The average molecular weight is 165 g/mol. The maximum absolute atomic E-state index is 8.35. The second-order valence-corrected chi connectivity index (χ2v) is 3.28. The van der Waals surface area contributed by atoms with Gasteiger partial charge < -0.3 is 0 Å². The summed E-state index contributed by atoms with van der Waals surface area (Å²) in [4.78, 5) is 0. The van der Waals surface area contributed by atoms with Crippen LogP contribution in [-0.2, 0) is 0 Å². The Balaban J connectivity index is 3.21. The Bertz CT molecular complexity index is 162. The first kappa shape index (κ1) is 11.2. The molecule has 12 heavy (non-hydrogen) atoms. The van der Waals surface area contributed by atoms with Crippen molar-refractivity contribution in [2.45, 2.75) is 52.4 Å². The van der Waals surface area contributed by atoms with Crippen LogP contribution in [0, 0.1) is 11.3 Å². The monoisotopic (exact) mass is 165 g/mol. The highest BCUT2D eigenvalue weighted by atomic mass is 14.2. The molecule has 0 unspecified atom stereocenters. The van der Waals surface area contributed by atoms with Crippen LogP contribution in [0.15, 0.2) is 11.6 Å². The van der Waals surface area contributed by atoms with E-state index in [1.807, 2.05) is 6.92 Å². The molecule has 0 aliphatic heterocycles. The molecule has 0 N–H and O–H groups in total. The fourth-order valence-electron chi connectivity index (χ4n) is 1.19. The van der Waals surface area contributed by atoms with Gasteiger partial charge in [0.05, 0.1) is 6.07 Å². The summed E-state index contributed by atoms with van der Waals surface area (Å²) >= 11 is 0. The fraction of sp³-hybridized carbons (Fsp3) is 0.727. The van der Waals surface area contributed by atoms with Crippen LogP contribution in [0.2, 0.25) is 0 Å². The molecule has 0 aromatic heterocycles. The van der Waals surface area contributed by atoms with E-state index >= 15 is 0 Å². The van der Waals surface area contributed by atoms with Crippen molar-refractivity contribution in [2.24, 2.45) is 0 Å². The number of unbranched alkanes of at least 4 members (excludes halogenated alkanes) is 4. The van der Waals surface area contributed by atoms with E-state index in [1.54, 1.807) is 6.08 Å². The van der Waals surface area contributed by atoms with Gasteiger partial charge in [0.15, 0.2) is 0 Å². The minimum absolute atomic E-state index is 1.09. The summed E-state index contributed by atoms with van der Waals surface area (Å²) in [7, 11) is 0. The predicted octanol–water partition coefficient (Wildman–Crippen LogP) is 3.82. The van der Waals surface area contributed by atoms with E-state index in [-0.39, 0.29) is 0 Å². The predicted molar refractivity (Wildman–Crippen MR) is 52.7 cm³/mol. The van der Waals surface area contributed by atoms with E-state index < -0.39 is 0 Å². The van der Waals surface area contributed by atoms with E-state index in [0.29, 0.717) is 0 Å². The summed E-state index contributed by atoms with van der Waals surface area (Å²) in [6.07, 6.45) is 9.29. The number of hydrogen-bond acceptors (Lipinski definition) is 1. The van der Waals surface area contributed by atoms with Crippen molar-refractivity contribution in [3.63, 3.8) is 0 Å². The summed E-state index contributed by atoms with van der Waals surface area (Å²) in [6, 6.07) is 2.06. The first-order chi connectivity index (χ1) is 5.81. The molecule has 0 atom stereocenters. The number of rotatable bonds is 6. The molecule has 0 amide bonds. The third-order valence-electron chi connectivity index (χ3n) is 1.99. The molecule has 68 valence electrons. The zero-order valence-corrected chi connectivity index (χ0v) is 8.27. The quantitative estimate of drug-likeness (QED) is 0.433. The van der Waals surface area contributed by atoms with Gasteiger partial charge in [-0.3, -0.25) is 0 Å². The van der Waals surface area contributed by atoms with Crippen LogP contribution < -0.4 is 0 Å². The molecule has 0 spiro atoms. The van der Waals surface area contributed by atoms with Crippen LogP contribution in [0.4, 0.5) is 0 Å². The molecule has 0 aliphatic carbocycles. The molecule has 0 saturated carbocycles. The maximum atomic E-state index is 8.35. The first-order valence-corrected chi connectivity index (χ1v) is 4.86. The second-order valence-electron chi connectivity index (χ2n) is 3.28. The van der Waals surface area contributed by atoms with Gasteiger partial charge in [0.2, 0.25) is 0 Å². The Kier molecular flexibility index (Phi) is 7.79. The van der Waals surface area contributed by atoms with Crippen molar-refractivity contribution in [1.82, 2.24) is 0 Å². The lowest BCUT2D eigenvalue weighted by molar-refractivity contribution is 0.630. The van der Waals surface area contributed by atoms with Crippen LogP contribution in [0.5, 0.6) is 0 Å². The second kappa shape index (κ2) is 8.33. The minimum Gasteiger partial charge on any atom is -0.193 e. The van der Waals surface area contributed by atoms with Crippen molar-refractivity contribution < 1.29 is 0 Å². The highest BCUT2D eigenvalue weighted by Crippen LogP contribution is 2.09. The van der Waals surface area contributed by atoms with E-state index in [1.165, 1.54) is 37.7 Å². The Hall–Kier alpha value is -0.770. The van der Waals surface area contributed by atoms with Crippen LogP contribution in [-0.4, -0.2) is 0 Å². The van der Waals surface area contributed by atoms with Crippen molar-refractivity contribution >= 4 is 0 Å². The molecule has 0 fully saturated rings. The van der Waals surface area contributed by atoms with Gasteiger partial charge in [-0.05, 0) is 19.8 Å². The smallest absolute Gasteiger partial charge is 0.0911 e. The van der Waals surface area contributed by atoms with E-state index in [9.17, 15) is 0 Å². The maximum Gasteiger partial charge on any atom is 0.0911 e. The molecular formula is C11H19N. The lowest BCUT2D eigenvalue weighted by atomic mass is 10.1. The van der Waals surface area contributed by atoms with Crippen molar-refractivity contribution in [3.05, 3.63) is 11.6 Å². The van der Waals surface area contributed by atoms with Gasteiger partial charge in [-0.2, -0.15) is 5.26 Å². The van der Waals surface area contributed by atoms with Gasteiger partial charge in [0.25, 0.3) is 0 Å². The summed E-state index contributed by atoms with van der Waals surface area (Å²) < 4.78 is 0. The van der Waals surface area contributed by atoms with E-state index in [4.69, 9.17) is 5.26 Å². The third kappa shape index (κ3) is 7.34. The van der Waals surface area contributed by atoms with Crippen LogP contribution >= 0.6 is 0 Å². The van der Waals surface area contributed by atoms with Gasteiger partial charge in [-0.1, -0.05) is 38.2 Å². The summed E-state index contributed by atoms with van der Waals surface area (Å²) in [5.41, 5.74) is 1.22. The highest BCUT2D eigenvalue weighted by Gasteiger charge is 1.90. The van der Waals surface area contributed by atoms with Crippen LogP contribution in [0.3, 0.4) is 0 Å². The lowest BCUT2D eigenvalue weighted by Crippen LogP contribution is -1.80. The molecule has 1 nitrogen and oxygen atoms in total. The van der Waals surface area contributed by atoms with Crippen molar-refractivity contribution in [3.8, 4) is 6.07 Å². The molecule has 0 aromatic carbocycles. The normalized spacial score (nSPS) is 11.2. The molecule has 0 radical (unpaired) electrons.